The Labute approximate surface area is 187 Å². The van der Waals surface area contributed by atoms with Crippen LogP contribution >= 0.6 is 0 Å². The highest BCUT2D eigenvalue weighted by Gasteiger charge is 2.52. The molecule has 5 rings (SSSR count). The zero-order chi connectivity index (χ0) is 21.8. The van der Waals surface area contributed by atoms with E-state index in [4.69, 9.17) is 4.74 Å². The van der Waals surface area contributed by atoms with Gasteiger partial charge in [-0.2, -0.15) is 0 Å². The normalized spacial score (nSPS) is 35.9. The van der Waals surface area contributed by atoms with Crippen molar-refractivity contribution >= 4 is 11.7 Å². The fourth-order valence-electron chi connectivity index (χ4n) is 6.87. The summed E-state index contributed by atoms with van der Waals surface area (Å²) in [5.74, 6) is 0.966. The Bertz CT molecular complexity index is 885. The van der Waals surface area contributed by atoms with Gasteiger partial charge in [-0.25, -0.2) is 0 Å². The molecule has 2 saturated heterocycles. The summed E-state index contributed by atoms with van der Waals surface area (Å²) >= 11 is 0. The molecular formula is C27H38N2O2. The molecule has 5 atom stereocenters. The molecule has 1 aromatic rings. The van der Waals surface area contributed by atoms with Crippen LogP contribution in [0, 0.1) is 37.0 Å². The van der Waals surface area contributed by atoms with Crippen molar-refractivity contribution in [3.63, 3.8) is 0 Å². The quantitative estimate of drug-likeness (QED) is 0.520. The van der Waals surface area contributed by atoms with E-state index in [1.807, 2.05) is 0 Å². The van der Waals surface area contributed by atoms with E-state index >= 15 is 0 Å². The maximum absolute atomic E-state index is 12.9. The second kappa shape index (κ2) is 7.95. The van der Waals surface area contributed by atoms with Gasteiger partial charge in [-0.05, 0) is 56.1 Å². The van der Waals surface area contributed by atoms with E-state index in [0.717, 1.165) is 39.1 Å². The first-order valence-corrected chi connectivity index (χ1v) is 12.3. The van der Waals surface area contributed by atoms with Crippen molar-refractivity contribution in [3.8, 4) is 0 Å². The van der Waals surface area contributed by atoms with E-state index in [1.165, 1.54) is 36.1 Å². The fraction of sp³-hybridized carbons (Fsp3) is 0.667. The minimum absolute atomic E-state index is 0.00355. The monoisotopic (exact) mass is 422 g/mol. The Hall–Kier alpha value is -1.81. The molecule has 2 aliphatic heterocycles. The predicted octanol–water partition coefficient (Wildman–Crippen LogP) is 4.74. The highest BCUT2D eigenvalue weighted by atomic mass is 16.6. The molecule has 0 spiro atoms. The molecule has 4 nitrogen and oxygen atoms in total. The van der Waals surface area contributed by atoms with Crippen molar-refractivity contribution in [3.05, 3.63) is 41.0 Å². The molecule has 4 aliphatic rings. The Morgan fingerprint density at radius 1 is 1.16 bits per heavy atom. The molecule has 1 aromatic carbocycles. The van der Waals surface area contributed by atoms with Gasteiger partial charge in [-0.1, -0.05) is 49.6 Å². The number of nitrogens with zero attached hydrogens (tertiary/aromatic N) is 2. The lowest BCUT2D eigenvalue weighted by Crippen LogP contribution is -2.49. The van der Waals surface area contributed by atoms with Gasteiger partial charge in [0.15, 0.2) is 0 Å². The number of benzene rings is 1. The Kier molecular flexibility index (Phi) is 5.40. The first-order chi connectivity index (χ1) is 14.8. The SMILES string of the molecule is Cc1ccc(N2CCN(C[C@@H]3C(=O)O[C@H]4C[C@]5(C)CCC[C@@H](C)C5=C[C@@H]43)CC2)c(C)c1. The van der Waals surface area contributed by atoms with Crippen LogP contribution < -0.4 is 4.90 Å². The summed E-state index contributed by atoms with van der Waals surface area (Å²) < 4.78 is 5.97. The lowest BCUT2D eigenvalue weighted by Gasteiger charge is -2.46. The molecule has 0 unspecified atom stereocenters. The minimum atomic E-state index is 0.00355. The second-order valence-corrected chi connectivity index (χ2v) is 10.9. The summed E-state index contributed by atoms with van der Waals surface area (Å²) in [4.78, 5) is 17.9. The largest absolute Gasteiger partial charge is 0.461 e. The molecule has 0 bridgehead atoms. The Balaban J connectivity index is 1.26. The van der Waals surface area contributed by atoms with Crippen LogP contribution in [0.1, 0.15) is 50.7 Å². The minimum Gasteiger partial charge on any atom is -0.461 e. The van der Waals surface area contributed by atoms with E-state index in [2.05, 4.69) is 61.8 Å². The summed E-state index contributed by atoms with van der Waals surface area (Å²) in [6, 6.07) is 6.74. The first-order valence-electron chi connectivity index (χ1n) is 12.3. The number of hydrogen-bond acceptors (Lipinski definition) is 4. The van der Waals surface area contributed by atoms with Gasteiger partial charge in [0.05, 0.1) is 5.92 Å². The van der Waals surface area contributed by atoms with Gasteiger partial charge in [0, 0.05) is 44.3 Å². The molecule has 31 heavy (non-hydrogen) atoms. The highest BCUT2D eigenvalue weighted by molar-refractivity contribution is 5.76. The van der Waals surface area contributed by atoms with Crippen LogP contribution in [0.15, 0.2) is 29.8 Å². The number of aryl methyl sites for hydroxylation is 2. The predicted molar refractivity (Wildman–Crippen MR) is 125 cm³/mol. The van der Waals surface area contributed by atoms with Crippen molar-refractivity contribution < 1.29 is 9.53 Å². The molecule has 0 N–H and O–H groups in total. The standard InChI is InChI=1S/C27H38N2O2/c1-18-7-8-24(20(3)14-18)29-12-10-28(11-13-29)17-22-21-15-23-19(2)6-5-9-27(23,4)16-25(21)31-26(22)30/h7-8,14-15,19,21-22,25H,5-6,9-13,16-17H2,1-4H3/t19-,21-,22+,25+,27+/m1/s1. The molecular weight excluding hydrogens is 384 g/mol. The van der Waals surface area contributed by atoms with Crippen molar-refractivity contribution in [2.75, 3.05) is 37.6 Å². The van der Waals surface area contributed by atoms with Crippen molar-refractivity contribution in [1.82, 2.24) is 4.90 Å². The number of piperazine rings is 1. The van der Waals surface area contributed by atoms with Gasteiger partial charge >= 0.3 is 5.97 Å². The molecule has 0 amide bonds. The second-order valence-electron chi connectivity index (χ2n) is 10.9. The first kappa shape index (κ1) is 21.1. The average molecular weight is 423 g/mol. The zero-order valence-corrected chi connectivity index (χ0v) is 19.7. The van der Waals surface area contributed by atoms with Crippen LogP contribution in [0.5, 0.6) is 0 Å². The third kappa shape index (κ3) is 3.82. The molecule has 0 radical (unpaired) electrons. The topological polar surface area (TPSA) is 32.8 Å². The number of rotatable bonds is 3. The smallest absolute Gasteiger partial charge is 0.311 e. The molecule has 1 saturated carbocycles. The van der Waals surface area contributed by atoms with Crippen molar-refractivity contribution in [1.29, 1.82) is 0 Å². The Morgan fingerprint density at radius 3 is 2.68 bits per heavy atom. The van der Waals surface area contributed by atoms with Crippen LogP contribution in [0.25, 0.3) is 0 Å². The molecule has 168 valence electrons. The molecule has 2 heterocycles. The fourth-order valence-corrected chi connectivity index (χ4v) is 6.87. The summed E-state index contributed by atoms with van der Waals surface area (Å²) in [6.45, 7) is 14.1. The van der Waals surface area contributed by atoms with Gasteiger partial charge in [-0.15, -0.1) is 0 Å². The number of esters is 1. The number of anilines is 1. The van der Waals surface area contributed by atoms with Gasteiger partial charge in [-0.3, -0.25) is 9.69 Å². The van der Waals surface area contributed by atoms with Gasteiger partial charge < -0.3 is 9.64 Å². The third-order valence-electron chi connectivity index (χ3n) is 8.60. The number of hydrogen-bond donors (Lipinski definition) is 0. The molecule has 0 aromatic heterocycles. The van der Waals surface area contributed by atoms with Crippen LogP contribution in [0.2, 0.25) is 0 Å². The highest BCUT2D eigenvalue weighted by Crippen LogP contribution is 2.54. The van der Waals surface area contributed by atoms with Crippen LogP contribution in [0.3, 0.4) is 0 Å². The van der Waals surface area contributed by atoms with E-state index < -0.39 is 0 Å². The Morgan fingerprint density at radius 2 is 1.94 bits per heavy atom. The van der Waals surface area contributed by atoms with Crippen molar-refractivity contribution in [2.24, 2.45) is 23.2 Å². The average Bonchev–Trinajstić information content (AvgIpc) is 3.01. The number of fused-ring (bicyclic) bond motifs is 2. The van der Waals surface area contributed by atoms with Crippen LogP contribution in [0.4, 0.5) is 5.69 Å². The molecule has 2 aliphatic carbocycles. The number of ether oxygens (including phenoxy) is 1. The van der Waals surface area contributed by atoms with Gasteiger partial charge in [0.2, 0.25) is 0 Å². The van der Waals surface area contributed by atoms with Gasteiger partial charge in [0.1, 0.15) is 6.10 Å². The lowest BCUT2D eigenvalue weighted by atomic mass is 9.59. The van der Waals surface area contributed by atoms with Crippen molar-refractivity contribution in [2.45, 2.75) is 59.5 Å². The van der Waals surface area contributed by atoms with Gasteiger partial charge in [0.25, 0.3) is 0 Å². The summed E-state index contributed by atoms with van der Waals surface area (Å²) in [6.07, 6.45) is 7.44. The van der Waals surface area contributed by atoms with E-state index in [9.17, 15) is 4.79 Å². The van der Waals surface area contributed by atoms with E-state index in [-0.39, 0.29) is 29.3 Å². The summed E-state index contributed by atoms with van der Waals surface area (Å²) in [5.41, 5.74) is 5.88. The maximum atomic E-state index is 12.9. The van der Waals surface area contributed by atoms with E-state index in [1.54, 1.807) is 5.57 Å². The van der Waals surface area contributed by atoms with E-state index in [0.29, 0.717) is 5.92 Å². The summed E-state index contributed by atoms with van der Waals surface area (Å²) in [7, 11) is 0. The van der Waals surface area contributed by atoms with Crippen LogP contribution in [-0.4, -0.2) is 49.7 Å². The third-order valence-corrected chi connectivity index (χ3v) is 8.60. The molecule has 3 fully saturated rings. The summed E-state index contributed by atoms with van der Waals surface area (Å²) in [5, 5.41) is 0. The number of carbonyl (C=O) groups is 1. The molecule has 4 heteroatoms. The number of carbonyl (C=O) groups excluding carboxylic acids is 1. The van der Waals surface area contributed by atoms with Crippen LogP contribution in [-0.2, 0) is 9.53 Å². The maximum Gasteiger partial charge on any atom is 0.311 e. The zero-order valence-electron chi connectivity index (χ0n) is 19.7. The lowest BCUT2D eigenvalue weighted by molar-refractivity contribution is -0.145. The number of allylic oxidation sites excluding steroid dienone is 1.